The maximum absolute atomic E-state index is 5.78. The van der Waals surface area contributed by atoms with Crippen molar-refractivity contribution >= 4 is 20.5 Å². The van der Waals surface area contributed by atoms with Gasteiger partial charge in [0.25, 0.3) is 0 Å². The van der Waals surface area contributed by atoms with Gasteiger partial charge in [-0.05, 0) is 12.8 Å². The monoisotopic (exact) mass is 444 g/mol. The SMILES string of the molecule is CCCCCCCCCCCCOCCCCCCCCCCCC.[SiH3]CC[SiH3]. The van der Waals surface area contributed by atoms with E-state index in [0.717, 1.165) is 13.2 Å². The van der Waals surface area contributed by atoms with Crippen LogP contribution in [-0.2, 0) is 4.74 Å². The maximum Gasteiger partial charge on any atom is 0.0466 e. The molecule has 0 heterocycles. The Hall–Kier alpha value is 0.394. The Morgan fingerprint density at radius 1 is 0.379 bits per heavy atom. The summed E-state index contributed by atoms with van der Waals surface area (Å²) in [4.78, 5) is 0. The molecule has 0 radical (unpaired) electrons. The van der Waals surface area contributed by atoms with Gasteiger partial charge in [-0.3, -0.25) is 0 Å². The third-order valence-corrected chi connectivity index (χ3v) is 9.78. The summed E-state index contributed by atoms with van der Waals surface area (Å²) in [6.07, 6.45) is 28.2. The van der Waals surface area contributed by atoms with E-state index in [1.165, 1.54) is 161 Å². The van der Waals surface area contributed by atoms with Crippen LogP contribution in [0.15, 0.2) is 0 Å². The highest BCUT2D eigenvalue weighted by molar-refractivity contribution is 6.16. The molecule has 0 rings (SSSR count). The van der Waals surface area contributed by atoms with Gasteiger partial charge in [0.15, 0.2) is 0 Å². The first-order valence-electron chi connectivity index (χ1n) is 13.9. The zero-order chi connectivity index (χ0) is 21.7. The molecule has 0 amide bonds. The first kappa shape index (κ1) is 31.6. The highest BCUT2D eigenvalue weighted by atomic mass is 28.2. The summed E-state index contributed by atoms with van der Waals surface area (Å²) in [7, 11) is 2.85. The number of ether oxygens (including phenoxy) is 1. The van der Waals surface area contributed by atoms with Gasteiger partial charge in [0.1, 0.15) is 0 Å². The zero-order valence-electron chi connectivity index (χ0n) is 21.4. The largest absolute Gasteiger partial charge is 0.381 e. The quantitative estimate of drug-likeness (QED) is 0.118. The fourth-order valence-corrected chi connectivity index (χ4v) is 3.49. The first-order chi connectivity index (χ1) is 14.3. The van der Waals surface area contributed by atoms with Crippen LogP contribution < -0.4 is 0 Å². The molecule has 0 unspecified atom stereocenters. The molecule has 0 aliphatic carbocycles. The Morgan fingerprint density at radius 2 is 0.621 bits per heavy atom. The Kier molecular flexibility index (Phi) is 36.0. The van der Waals surface area contributed by atoms with Gasteiger partial charge in [0, 0.05) is 33.7 Å². The van der Waals surface area contributed by atoms with Gasteiger partial charge in [-0.1, -0.05) is 142 Å². The lowest BCUT2D eigenvalue weighted by molar-refractivity contribution is 0.125. The number of rotatable bonds is 23. The lowest BCUT2D eigenvalue weighted by atomic mass is 10.1. The lowest BCUT2D eigenvalue weighted by Crippen LogP contribution is -1.97. The minimum absolute atomic E-state index is 0.994. The number of unbranched alkanes of at least 4 members (excludes halogenated alkanes) is 18. The summed E-state index contributed by atoms with van der Waals surface area (Å²) in [5.41, 5.74) is 0. The molecule has 0 aliphatic heterocycles. The van der Waals surface area contributed by atoms with Gasteiger partial charge in [-0.25, -0.2) is 0 Å². The molecule has 0 aromatic rings. The van der Waals surface area contributed by atoms with E-state index < -0.39 is 0 Å². The van der Waals surface area contributed by atoms with Gasteiger partial charge >= 0.3 is 0 Å². The van der Waals surface area contributed by atoms with Gasteiger partial charge in [-0.2, -0.15) is 0 Å². The van der Waals surface area contributed by atoms with Crippen molar-refractivity contribution in [3.05, 3.63) is 0 Å². The van der Waals surface area contributed by atoms with Gasteiger partial charge < -0.3 is 4.74 Å². The molecule has 0 atom stereocenters. The minimum Gasteiger partial charge on any atom is -0.381 e. The van der Waals surface area contributed by atoms with Crippen molar-refractivity contribution in [2.45, 2.75) is 154 Å². The molecule has 0 aliphatic rings. The summed E-state index contributed by atoms with van der Waals surface area (Å²) in [6.45, 7) is 6.57. The van der Waals surface area contributed by atoms with Crippen molar-refractivity contribution in [2.75, 3.05) is 13.2 Å². The van der Waals surface area contributed by atoms with Crippen molar-refractivity contribution in [3.8, 4) is 0 Å². The average Bonchev–Trinajstić information content (AvgIpc) is 2.75. The van der Waals surface area contributed by atoms with Gasteiger partial charge in [-0.15, -0.1) is 0 Å². The fraction of sp³-hybridized carbons (Fsp3) is 1.00. The van der Waals surface area contributed by atoms with Crippen LogP contribution in [0.25, 0.3) is 0 Å². The second kappa shape index (κ2) is 33.0. The molecule has 1 nitrogen and oxygen atoms in total. The average molecular weight is 445 g/mol. The third-order valence-electron chi connectivity index (χ3n) is 5.78. The van der Waals surface area contributed by atoms with E-state index in [2.05, 4.69) is 13.8 Å². The number of hydrogen-bond donors (Lipinski definition) is 0. The predicted molar refractivity (Wildman–Crippen MR) is 144 cm³/mol. The highest BCUT2D eigenvalue weighted by Crippen LogP contribution is 2.12. The van der Waals surface area contributed by atoms with Crippen molar-refractivity contribution < 1.29 is 4.74 Å². The van der Waals surface area contributed by atoms with Crippen LogP contribution in [0.1, 0.15) is 142 Å². The van der Waals surface area contributed by atoms with Crippen LogP contribution in [0, 0.1) is 0 Å². The lowest BCUT2D eigenvalue weighted by Gasteiger charge is -2.05. The second-order valence-corrected chi connectivity index (χ2v) is 11.0. The summed E-state index contributed by atoms with van der Waals surface area (Å²) >= 11 is 0. The fourth-order valence-electron chi connectivity index (χ4n) is 3.49. The van der Waals surface area contributed by atoms with Crippen LogP contribution in [-0.4, -0.2) is 33.7 Å². The van der Waals surface area contributed by atoms with Crippen molar-refractivity contribution in [2.24, 2.45) is 0 Å². The molecule has 0 spiro atoms. The summed E-state index contributed by atoms with van der Waals surface area (Å²) in [5, 5.41) is 0. The Morgan fingerprint density at radius 3 is 0.862 bits per heavy atom. The molecule has 0 aromatic heterocycles. The van der Waals surface area contributed by atoms with Crippen molar-refractivity contribution in [3.63, 3.8) is 0 Å². The van der Waals surface area contributed by atoms with Crippen LogP contribution in [0.2, 0.25) is 12.1 Å². The molecule has 0 fully saturated rings. The zero-order valence-corrected chi connectivity index (χ0v) is 25.4. The minimum atomic E-state index is 0.994. The number of hydrogen-bond acceptors (Lipinski definition) is 1. The molecule has 0 saturated heterocycles. The van der Waals surface area contributed by atoms with Crippen LogP contribution in [0.5, 0.6) is 0 Å². The van der Waals surface area contributed by atoms with E-state index in [0.29, 0.717) is 0 Å². The van der Waals surface area contributed by atoms with E-state index in [1.54, 1.807) is 0 Å². The molecule has 0 saturated carbocycles. The van der Waals surface area contributed by atoms with Crippen LogP contribution in [0.4, 0.5) is 0 Å². The third kappa shape index (κ3) is 36.1. The standard InChI is InChI=1S/C24H50O.C2H10Si2/c1-3-5-7-9-11-13-15-17-19-21-23-25-24-22-20-18-16-14-12-10-8-6-4-2;3-1-2-4/h3-24H2,1-2H3;1-2H2,3-4H3. The van der Waals surface area contributed by atoms with E-state index in [9.17, 15) is 0 Å². The smallest absolute Gasteiger partial charge is 0.0466 e. The maximum atomic E-state index is 5.78. The molecular formula is C26H60OSi2. The Labute approximate surface area is 192 Å². The molecule has 3 heteroatoms. The van der Waals surface area contributed by atoms with Gasteiger partial charge in [0.05, 0.1) is 0 Å². The summed E-state index contributed by atoms with van der Waals surface area (Å²) in [5.74, 6) is 0. The van der Waals surface area contributed by atoms with Gasteiger partial charge in [0.2, 0.25) is 0 Å². The molecule has 0 bridgehead atoms. The first-order valence-corrected chi connectivity index (χ1v) is 16.7. The summed E-state index contributed by atoms with van der Waals surface area (Å²) < 4.78 is 5.78. The molecular weight excluding hydrogens is 384 g/mol. The molecule has 0 N–H and O–H groups in total. The van der Waals surface area contributed by atoms with Crippen molar-refractivity contribution in [1.82, 2.24) is 0 Å². The Bertz CT molecular complexity index is 225. The van der Waals surface area contributed by atoms with Crippen LogP contribution >= 0.6 is 0 Å². The topological polar surface area (TPSA) is 9.23 Å². The molecule has 0 aromatic carbocycles. The Balaban J connectivity index is 0. The van der Waals surface area contributed by atoms with E-state index in [4.69, 9.17) is 4.74 Å². The van der Waals surface area contributed by atoms with E-state index in [1.807, 2.05) is 0 Å². The van der Waals surface area contributed by atoms with E-state index in [-0.39, 0.29) is 0 Å². The van der Waals surface area contributed by atoms with Crippen molar-refractivity contribution in [1.29, 1.82) is 0 Å². The predicted octanol–water partition coefficient (Wildman–Crippen LogP) is 7.40. The molecule has 178 valence electrons. The van der Waals surface area contributed by atoms with Crippen LogP contribution in [0.3, 0.4) is 0 Å². The second-order valence-electron chi connectivity index (χ2n) is 8.98. The summed E-state index contributed by atoms with van der Waals surface area (Å²) in [6, 6.07) is 3.04. The highest BCUT2D eigenvalue weighted by Gasteiger charge is 1.95. The van der Waals surface area contributed by atoms with E-state index >= 15 is 0 Å². The normalized spacial score (nSPS) is 11.0. The molecule has 29 heavy (non-hydrogen) atoms.